The summed E-state index contributed by atoms with van der Waals surface area (Å²) < 4.78 is 23.0. The van der Waals surface area contributed by atoms with Crippen LogP contribution in [-0.2, 0) is 9.53 Å². The number of aromatic hydroxyl groups is 1. The molecule has 214 valence electrons. The lowest BCUT2D eigenvalue weighted by Crippen LogP contribution is -2.40. The Hall–Kier alpha value is -3.97. The van der Waals surface area contributed by atoms with Crippen molar-refractivity contribution >= 4 is 17.1 Å². The highest BCUT2D eigenvalue weighted by atomic mass is 16.7. The third kappa shape index (κ3) is 6.68. The number of hydrogen-bond acceptors (Lipinski definition) is 7. The van der Waals surface area contributed by atoms with E-state index in [0.717, 1.165) is 65.4 Å². The van der Waals surface area contributed by atoms with E-state index >= 15 is 0 Å². The summed E-state index contributed by atoms with van der Waals surface area (Å²) in [6, 6.07) is 21.7. The molecule has 7 nitrogen and oxygen atoms in total. The van der Waals surface area contributed by atoms with Crippen LogP contribution < -0.4 is 14.2 Å². The molecule has 0 radical (unpaired) electrons. The molecule has 1 unspecified atom stereocenters. The molecule has 0 aromatic heterocycles. The van der Waals surface area contributed by atoms with E-state index in [9.17, 15) is 9.90 Å². The van der Waals surface area contributed by atoms with Gasteiger partial charge in [0, 0.05) is 13.5 Å². The number of nitrogens with zero attached hydrogens (tertiary/aromatic N) is 1. The van der Waals surface area contributed by atoms with E-state index in [1.807, 2.05) is 30.3 Å². The number of hydrogen-bond donors (Lipinski definition) is 1. The standard InChI is InChI=1S/C34H37NO6/c1-23(36)41-30(20-35-17-3-2-4-18-35)21-38-29-14-9-26(10-15-29)33(25-7-12-28(37)13-8-25)34(24-5-6-24)27-11-16-31-32(19-27)40-22-39-31/h7-16,19,24,30,37H,2-6,17-18,20-22H2,1H3/b34-33+. The van der Waals surface area contributed by atoms with Crippen LogP contribution in [0, 0.1) is 5.92 Å². The molecule has 41 heavy (non-hydrogen) atoms. The van der Waals surface area contributed by atoms with Crippen LogP contribution in [0.5, 0.6) is 23.0 Å². The first kappa shape index (κ1) is 27.2. The van der Waals surface area contributed by atoms with E-state index in [1.165, 1.54) is 31.8 Å². The quantitative estimate of drug-likeness (QED) is 0.233. The maximum atomic E-state index is 11.8. The van der Waals surface area contributed by atoms with E-state index < -0.39 is 0 Å². The second-order valence-electron chi connectivity index (χ2n) is 11.1. The Morgan fingerprint density at radius 1 is 0.902 bits per heavy atom. The van der Waals surface area contributed by atoms with Crippen molar-refractivity contribution in [3.8, 4) is 23.0 Å². The Kier molecular flexibility index (Phi) is 8.14. The lowest BCUT2D eigenvalue weighted by molar-refractivity contribution is -0.149. The number of likely N-dealkylation sites (tertiary alicyclic amines) is 1. The van der Waals surface area contributed by atoms with Crippen LogP contribution >= 0.6 is 0 Å². The smallest absolute Gasteiger partial charge is 0.303 e. The molecule has 2 aliphatic heterocycles. The predicted octanol–water partition coefficient (Wildman–Crippen LogP) is 6.29. The molecule has 3 aliphatic rings. The Labute approximate surface area is 241 Å². The van der Waals surface area contributed by atoms with Gasteiger partial charge in [-0.2, -0.15) is 0 Å². The van der Waals surface area contributed by atoms with Gasteiger partial charge < -0.3 is 24.1 Å². The Morgan fingerprint density at radius 3 is 2.24 bits per heavy atom. The van der Waals surface area contributed by atoms with Crippen LogP contribution in [0.15, 0.2) is 66.7 Å². The molecule has 7 heteroatoms. The third-order valence-electron chi connectivity index (χ3n) is 7.92. The van der Waals surface area contributed by atoms with Crippen molar-refractivity contribution in [3.05, 3.63) is 83.4 Å². The minimum absolute atomic E-state index is 0.236. The molecule has 1 N–H and O–H groups in total. The fourth-order valence-electron chi connectivity index (χ4n) is 5.82. The number of ether oxygens (including phenoxy) is 4. The van der Waals surface area contributed by atoms with Gasteiger partial charge in [0.15, 0.2) is 11.5 Å². The molecule has 0 amide bonds. The van der Waals surface area contributed by atoms with Crippen LogP contribution in [-0.4, -0.2) is 55.1 Å². The van der Waals surface area contributed by atoms with Gasteiger partial charge in [-0.1, -0.05) is 36.8 Å². The highest BCUT2D eigenvalue weighted by Crippen LogP contribution is 2.49. The van der Waals surface area contributed by atoms with Crippen LogP contribution in [0.4, 0.5) is 0 Å². The van der Waals surface area contributed by atoms with E-state index in [2.05, 4.69) is 29.2 Å². The minimum atomic E-state index is -0.315. The molecule has 2 fully saturated rings. The van der Waals surface area contributed by atoms with Crippen LogP contribution in [0.3, 0.4) is 0 Å². The van der Waals surface area contributed by atoms with Crippen molar-refractivity contribution in [1.82, 2.24) is 4.90 Å². The van der Waals surface area contributed by atoms with Crippen molar-refractivity contribution in [2.75, 3.05) is 33.0 Å². The second-order valence-corrected chi connectivity index (χ2v) is 11.1. The zero-order chi connectivity index (χ0) is 28.2. The number of carbonyl (C=O) groups is 1. The van der Waals surface area contributed by atoms with E-state index in [0.29, 0.717) is 19.1 Å². The summed E-state index contributed by atoms with van der Waals surface area (Å²) in [7, 11) is 0. The topological polar surface area (TPSA) is 77.5 Å². The molecule has 6 rings (SSSR count). The number of piperidine rings is 1. The zero-order valence-electron chi connectivity index (χ0n) is 23.5. The summed E-state index contributed by atoms with van der Waals surface area (Å²) in [5, 5.41) is 9.99. The lowest BCUT2D eigenvalue weighted by Gasteiger charge is -2.30. The van der Waals surface area contributed by atoms with Crippen LogP contribution in [0.2, 0.25) is 0 Å². The summed E-state index contributed by atoms with van der Waals surface area (Å²) >= 11 is 0. The molecule has 1 atom stereocenters. The number of fused-ring (bicyclic) bond motifs is 1. The molecule has 1 saturated heterocycles. The fourth-order valence-corrected chi connectivity index (χ4v) is 5.82. The summed E-state index contributed by atoms with van der Waals surface area (Å²) in [6.45, 7) is 4.75. The van der Waals surface area contributed by atoms with Gasteiger partial charge in [-0.25, -0.2) is 0 Å². The first-order valence-corrected chi connectivity index (χ1v) is 14.6. The molecule has 2 heterocycles. The summed E-state index contributed by atoms with van der Waals surface area (Å²) in [6.07, 6.45) is 5.56. The molecule has 1 aliphatic carbocycles. The van der Waals surface area contributed by atoms with Gasteiger partial charge in [0.2, 0.25) is 6.79 Å². The number of carbonyl (C=O) groups excluding carboxylic acids is 1. The normalized spacial score (nSPS) is 18.0. The van der Waals surface area contributed by atoms with E-state index in [-0.39, 0.29) is 24.6 Å². The van der Waals surface area contributed by atoms with Crippen molar-refractivity contribution < 1.29 is 28.8 Å². The average Bonchev–Trinajstić information content (AvgIpc) is 3.71. The number of rotatable bonds is 10. The van der Waals surface area contributed by atoms with Gasteiger partial charge in [0.1, 0.15) is 24.2 Å². The van der Waals surface area contributed by atoms with Gasteiger partial charge in [0.25, 0.3) is 0 Å². The number of benzene rings is 3. The molecule has 3 aromatic rings. The number of esters is 1. The lowest BCUT2D eigenvalue weighted by atomic mass is 9.87. The second kappa shape index (κ2) is 12.3. The van der Waals surface area contributed by atoms with Crippen molar-refractivity contribution in [1.29, 1.82) is 0 Å². The summed E-state index contributed by atoms with van der Waals surface area (Å²) in [5.41, 5.74) is 5.60. The highest BCUT2D eigenvalue weighted by molar-refractivity contribution is 6.00. The van der Waals surface area contributed by atoms with Crippen molar-refractivity contribution in [2.45, 2.75) is 45.1 Å². The average molecular weight is 556 g/mol. The minimum Gasteiger partial charge on any atom is -0.508 e. The van der Waals surface area contributed by atoms with E-state index in [1.54, 1.807) is 12.1 Å². The molecule has 0 bridgehead atoms. The predicted molar refractivity (Wildman–Crippen MR) is 157 cm³/mol. The molecule has 0 spiro atoms. The largest absolute Gasteiger partial charge is 0.508 e. The van der Waals surface area contributed by atoms with Crippen molar-refractivity contribution in [3.63, 3.8) is 0 Å². The number of allylic oxidation sites excluding steroid dienone is 1. The summed E-state index contributed by atoms with van der Waals surface area (Å²) in [5.74, 6) is 2.65. The first-order chi connectivity index (χ1) is 20.0. The highest BCUT2D eigenvalue weighted by Gasteiger charge is 2.31. The van der Waals surface area contributed by atoms with Gasteiger partial charge in [-0.15, -0.1) is 0 Å². The SMILES string of the molecule is CC(=O)OC(COc1ccc(/C(=C(/c2ccc3c(c2)OCO3)C2CC2)c2ccc(O)cc2)cc1)CN1CCCCC1. The maximum Gasteiger partial charge on any atom is 0.303 e. The monoisotopic (exact) mass is 555 g/mol. The van der Waals surface area contributed by atoms with Gasteiger partial charge in [0.05, 0.1) is 0 Å². The van der Waals surface area contributed by atoms with Crippen LogP contribution in [0.25, 0.3) is 11.1 Å². The van der Waals surface area contributed by atoms with Gasteiger partial charge >= 0.3 is 5.97 Å². The zero-order valence-corrected chi connectivity index (χ0v) is 23.5. The Morgan fingerprint density at radius 2 is 1.56 bits per heavy atom. The third-order valence-corrected chi connectivity index (χ3v) is 7.92. The molecular weight excluding hydrogens is 518 g/mol. The van der Waals surface area contributed by atoms with E-state index in [4.69, 9.17) is 18.9 Å². The first-order valence-electron chi connectivity index (χ1n) is 14.6. The Balaban J connectivity index is 1.28. The Bertz CT molecular complexity index is 1390. The number of phenolic OH excluding ortho intramolecular Hbond substituents is 1. The maximum absolute atomic E-state index is 11.8. The number of phenols is 1. The summed E-state index contributed by atoms with van der Waals surface area (Å²) in [4.78, 5) is 14.1. The molecule has 3 aromatic carbocycles. The van der Waals surface area contributed by atoms with Gasteiger partial charge in [-0.3, -0.25) is 9.69 Å². The van der Waals surface area contributed by atoms with Crippen molar-refractivity contribution in [2.24, 2.45) is 5.92 Å². The molecular formula is C34H37NO6. The van der Waals surface area contributed by atoms with Gasteiger partial charge in [-0.05, 0) is 109 Å². The van der Waals surface area contributed by atoms with Crippen LogP contribution in [0.1, 0.15) is 55.7 Å². The fraction of sp³-hybridized carbons (Fsp3) is 0.382. The molecule has 1 saturated carbocycles.